The maximum Gasteiger partial charge on any atom is 0.270 e. The van der Waals surface area contributed by atoms with Crippen molar-refractivity contribution in [2.75, 3.05) is 20.8 Å². The Morgan fingerprint density at radius 2 is 2.15 bits per heavy atom. The predicted octanol–water partition coefficient (Wildman–Crippen LogP) is 2.15. The van der Waals surface area contributed by atoms with Crippen LogP contribution >= 0.6 is 0 Å². The predicted molar refractivity (Wildman–Crippen MR) is 71.2 cm³/mol. The number of rotatable bonds is 5. The van der Waals surface area contributed by atoms with Gasteiger partial charge in [0, 0.05) is 26.3 Å². The van der Waals surface area contributed by atoms with E-state index < -0.39 is 16.6 Å². The number of nitro groups is 1. The summed E-state index contributed by atoms with van der Waals surface area (Å²) in [7, 11) is 2.99. The van der Waals surface area contributed by atoms with Gasteiger partial charge in [0.2, 0.25) is 0 Å². The summed E-state index contributed by atoms with van der Waals surface area (Å²) in [4.78, 5) is 23.6. The first-order valence-corrected chi connectivity index (χ1v) is 6.00. The minimum Gasteiger partial charge on any atom is -0.383 e. The fourth-order valence-electron chi connectivity index (χ4n) is 1.75. The first-order valence-electron chi connectivity index (χ1n) is 6.00. The van der Waals surface area contributed by atoms with Crippen molar-refractivity contribution in [1.29, 1.82) is 0 Å². The fraction of sp³-hybridized carbons (Fsp3) is 0.462. The summed E-state index contributed by atoms with van der Waals surface area (Å²) in [5.74, 6) is -1.35. The maximum absolute atomic E-state index is 14.0. The second-order valence-electron chi connectivity index (χ2n) is 4.60. The third kappa shape index (κ3) is 3.30. The Morgan fingerprint density at radius 3 is 2.65 bits per heavy atom. The number of carbonyl (C=O) groups excluding carboxylic acids is 1. The number of halogens is 1. The molecule has 7 heteroatoms. The molecule has 0 bridgehead atoms. The molecule has 1 atom stereocenters. The Morgan fingerprint density at radius 1 is 1.55 bits per heavy atom. The molecule has 0 fully saturated rings. The van der Waals surface area contributed by atoms with E-state index in [2.05, 4.69) is 0 Å². The second kappa shape index (κ2) is 6.42. The zero-order valence-corrected chi connectivity index (χ0v) is 11.8. The lowest BCUT2D eigenvalue weighted by Gasteiger charge is -2.24. The summed E-state index contributed by atoms with van der Waals surface area (Å²) in [6.45, 7) is 3.42. The Balaban J connectivity index is 3.18. The van der Waals surface area contributed by atoms with Crippen molar-refractivity contribution in [3.8, 4) is 0 Å². The molecule has 0 aliphatic rings. The quantitative estimate of drug-likeness (QED) is 0.613. The van der Waals surface area contributed by atoms with E-state index in [9.17, 15) is 19.3 Å². The lowest BCUT2D eigenvalue weighted by atomic mass is 10.1. The number of hydrogen-bond donors (Lipinski definition) is 0. The topological polar surface area (TPSA) is 72.7 Å². The molecule has 110 valence electrons. The van der Waals surface area contributed by atoms with Crippen molar-refractivity contribution in [1.82, 2.24) is 4.90 Å². The molecule has 0 heterocycles. The van der Waals surface area contributed by atoms with Crippen LogP contribution in [0.15, 0.2) is 12.1 Å². The number of non-ortho nitro benzene ring substituents is 1. The minimum atomic E-state index is -0.739. The van der Waals surface area contributed by atoms with Gasteiger partial charge in [0.05, 0.1) is 23.1 Å². The van der Waals surface area contributed by atoms with Gasteiger partial charge in [0.1, 0.15) is 5.82 Å². The maximum atomic E-state index is 14.0. The zero-order chi connectivity index (χ0) is 15.4. The zero-order valence-electron chi connectivity index (χ0n) is 11.8. The average molecular weight is 284 g/mol. The first-order chi connectivity index (χ1) is 9.29. The van der Waals surface area contributed by atoms with Gasteiger partial charge in [-0.2, -0.15) is 0 Å². The van der Waals surface area contributed by atoms with E-state index in [-0.39, 0.29) is 29.5 Å². The highest BCUT2D eigenvalue weighted by Gasteiger charge is 2.24. The molecule has 0 spiro atoms. The number of likely N-dealkylation sites (N-methyl/N-ethyl adjacent to an activating group) is 1. The number of carbonyl (C=O) groups is 1. The summed E-state index contributed by atoms with van der Waals surface area (Å²) in [5, 5.41) is 10.8. The average Bonchev–Trinajstić information content (AvgIpc) is 2.40. The molecule has 1 rings (SSSR count). The van der Waals surface area contributed by atoms with Gasteiger partial charge in [-0.05, 0) is 19.4 Å². The highest BCUT2D eigenvalue weighted by atomic mass is 19.1. The lowest BCUT2D eigenvalue weighted by molar-refractivity contribution is -0.385. The number of ether oxygens (including phenoxy) is 1. The van der Waals surface area contributed by atoms with Gasteiger partial charge in [-0.15, -0.1) is 0 Å². The monoisotopic (exact) mass is 284 g/mol. The normalized spacial score (nSPS) is 12.1. The molecule has 0 aliphatic carbocycles. The standard InChI is InChI=1S/C13H17FN2O4/c1-8-5-10(16(18)19)6-11(12(8)14)13(17)15(3)9(2)7-20-4/h5-6,9H,7H2,1-4H3. The van der Waals surface area contributed by atoms with Crippen molar-refractivity contribution in [2.45, 2.75) is 19.9 Å². The van der Waals surface area contributed by atoms with Crippen LogP contribution in [0.2, 0.25) is 0 Å². The smallest absolute Gasteiger partial charge is 0.270 e. The van der Waals surface area contributed by atoms with E-state index in [1.807, 2.05) is 0 Å². The van der Waals surface area contributed by atoms with Crippen molar-refractivity contribution >= 4 is 11.6 Å². The summed E-state index contributed by atoms with van der Waals surface area (Å²) in [6, 6.07) is 1.79. The molecule has 1 unspecified atom stereocenters. The van der Waals surface area contributed by atoms with Crippen LogP contribution in [0.3, 0.4) is 0 Å². The number of nitro benzene ring substituents is 1. The molecule has 1 amide bonds. The van der Waals surface area contributed by atoms with Gasteiger partial charge >= 0.3 is 0 Å². The van der Waals surface area contributed by atoms with E-state index in [1.54, 1.807) is 6.92 Å². The molecule has 1 aromatic carbocycles. The summed E-state index contributed by atoms with van der Waals surface area (Å²) in [5.41, 5.74) is -0.544. The molecular weight excluding hydrogens is 267 g/mol. The van der Waals surface area contributed by atoms with Crippen molar-refractivity contribution in [3.05, 3.63) is 39.2 Å². The largest absolute Gasteiger partial charge is 0.383 e. The molecule has 0 aromatic heterocycles. The molecule has 0 N–H and O–H groups in total. The van der Waals surface area contributed by atoms with Crippen LogP contribution < -0.4 is 0 Å². The van der Waals surface area contributed by atoms with E-state index in [0.717, 1.165) is 12.1 Å². The number of nitrogens with zero attached hydrogens (tertiary/aromatic N) is 2. The summed E-state index contributed by atoms with van der Waals surface area (Å²) in [6.07, 6.45) is 0. The van der Waals surface area contributed by atoms with Crippen molar-refractivity contribution in [3.63, 3.8) is 0 Å². The first kappa shape index (κ1) is 16.0. The van der Waals surface area contributed by atoms with E-state index in [0.29, 0.717) is 0 Å². The van der Waals surface area contributed by atoms with Crippen LogP contribution in [-0.2, 0) is 4.74 Å². The Labute approximate surface area is 116 Å². The molecule has 0 saturated heterocycles. The molecule has 0 aliphatic heterocycles. The van der Waals surface area contributed by atoms with Crippen LogP contribution in [0.4, 0.5) is 10.1 Å². The van der Waals surface area contributed by atoms with Gasteiger partial charge in [0.15, 0.2) is 0 Å². The van der Waals surface area contributed by atoms with Crippen LogP contribution in [0.25, 0.3) is 0 Å². The number of hydrogen-bond acceptors (Lipinski definition) is 4. The molecular formula is C13H17FN2O4. The molecule has 1 aromatic rings. The van der Waals surface area contributed by atoms with Gasteiger partial charge in [-0.1, -0.05) is 0 Å². The van der Waals surface area contributed by atoms with Gasteiger partial charge < -0.3 is 9.64 Å². The molecule has 0 saturated carbocycles. The van der Waals surface area contributed by atoms with Gasteiger partial charge in [0.25, 0.3) is 11.6 Å². The third-order valence-electron chi connectivity index (χ3n) is 3.07. The number of amides is 1. The molecule has 6 nitrogen and oxygen atoms in total. The summed E-state index contributed by atoms with van der Waals surface area (Å²) < 4.78 is 18.9. The highest BCUT2D eigenvalue weighted by Crippen LogP contribution is 2.22. The van der Waals surface area contributed by atoms with E-state index in [4.69, 9.17) is 4.74 Å². The number of aryl methyl sites for hydroxylation is 1. The van der Waals surface area contributed by atoms with Crippen LogP contribution in [0.5, 0.6) is 0 Å². The summed E-state index contributed by atoms with van der Waals surface area (Å²) >= 11 is 0. The Kier molecular flexibility index (Phi) is 5.15. The van der Waals surface area contributed by atoms with Gasteiger partial charge in [-0.25, -0.2) is 4.39 Å². The van der Waals surface area contributed by atoms with E-state index in [1.165, 1.54) is 26.0 Å². The second-order valence-corrected chi connectivity index (χ2v) is 4.60. The molecule has 0 radical (unpaired) electrons. The Hall–Kier alpha value is -2.02. The van der Waals surface area contributed by atoms with Crippen LogP contribution in [-0.4, -0.2) is 42.5 Å². The van der Waals surface area contributed by atoms with Crippen molar-refractivity contribution in [2.24, 2.45) is 0 Å². The van der Waals surface area contributed by atoms with Gasteiger partial charge in [-0.3, -0.25) is 14.9 Å². The number of methoxy groups -OCH3 is 1. The third-order valence-corrected chi connectivity index (χ3v) is 3.07. The lowest BCUT2D eigenvalue weighted by Crippen LogP contribution is -2.38. The van der Waals surface area contributed by atoms with E-state index >= 15 is 0 Å². The Bertz CT molecular complexity index is 533. The highest BCUT2D eigenvalue weighted by molar-refractivity contribution is 5.95. The molecule has 20 heavy (non-hydrogen) atoms. The fourth-order valence-corrected chi connectivity index (χ4v) is 1.75. The minimum absolute atomic E-state index is 0.0651. The van der Waals surface area contributed by atoms with Crippen LogP contribution in [0.1, 0.15) is 22.8 Å². The van der Waals surface area contributed by atoms with Crippen molar-refractivity contribution < 1.29 is 18.8 Å². The number of benzene rings is 1. The SMILES string of the molecule is COCC(C)N(C)C(=O)c1cc([N+](=O)[O-])cc(C)c1F. The van der Waals surface area contributed by atoms with Crippen LogP contribution in [0, 0.1) is 22.9 Å².